The molecule has 6 nitrogen and oxygen atoms in total. The summed E-state index contributed by atoms with van der Waals surface area (Å²) in [5, 5.41) is 4.98. The van der Waals surface area contributed by atoms with Crippen molar-refractivity contribution in [2.24, 2.45) is 0 Å². The molecular weight excluding hydrogens is 284 g/mol. The molecule has 2 aromatic heterocycles. The third-order valence-electron chi connectivity index (χ3n) is 3.50. The van der Waals surface area contributed by atoms with Gasteiger partial charge in [0.25, 0.3) is 10.0 Å². The number of hydrogen-bond donors (Lipinski definition) is 1. The predicted molar refractivity (Wildman–Crippen MR) is 75.2 cm³/mol. The van der Waals surface area contributed by atoms with Gasteiger partial charge in [0.05, 0.1) is 0 Å². The van der Waals surface area contributed by atoms with Gasteiger partial charge in [-0.1, -0.05) is 0 Å². The number of hydrogen-bond acceptors (Lipinski definition) is 5. The van der Waals surface area contributed by atoms with Crippen molar-refractivity contribution in [3.63, 3.8) is 0 Å². The average Bonchev–Trinajstić information content (AvgIpc) is 3.01. The van der Waals surface area contributed by atoms with Crippen LogP contribution in [0.15, 0.2) is 16.6 Å². The lowest BCUT2D eigenvalue weighted by molar-refractivity contribution is 0.406. The smallest absolute Gasteiger partial charge is 0.263 e. The average molecular weight is 300 g/mol. The van der Waals surface area contributed by atoms with Crippen molar-refractivity contribution in [2.45, 2.75) is 30.8 Å². The van der Waals surface area contributed by atoms with E-state index in [1.807, 2.05) is 12.3 Å². The van der Waals surface area contributed by atoms with Crippen LogP contribution < -0.4 is 5.32 Å². The third kappa shape index (κ3) is 1.86. The Balaban J connectivity index is 2.19. The number of anilines is 1. The Morgan fingerprint density at radius 1 is 1.53 bits per heavy atom. The first kappa shape index (κ1) is 12.9. The number of rotatable bonds is 3. The molecule has 1 N–H and O–H groups in total. The van der Waals surface area contributed by atoms with Crippen molar-refractivity contribution in [3.8, 4) is 0 Å². The molecule has 1 aliphatic rings. The van der Waals surface area contributed by atoms with Gasteiger partial charge in [0.1, 0.15) is 0 Å². The molecular formula is C11H16N4O2S2. The molecule has 0 saturated carbocycles. The highest BCUT2D eigenvalue weighted by Crippen LogP contribution is 2.31. The topological polar surface area (TPSA) is 66.7 Å². The van der Waals surface area contributed by atoms with Crippen LogP contribution in [-0.4, -0.2) is 41.7 Å². The molecule has 1 saturated heterocycles. The maximum absolute atomic E-state index is 12.8. The van der Waals surface area contributed by atoms with Gasteiger partial charge < -0.3 is 5.32 Å². The van der Waals surface area contributed by atoms with Crippen molar-refractivity contribution in [1.29, 1.82) is 0 Å². The summed E-state index contributed by atoms with van der Waals surface area (Å²) in [6, 6.07) is 0.0545. The van der Waals surface area contributed by atoms with E-state index in [2.05, 4.69) is 10.3 Å². The molecule has 1 atom stereocenters. The summed E-state index contributed by atoms with van der Waals surface area (Å²) in [6.07, 6.45) is 3.59. The molecule has 1 fully saturated rings. The highest BCUT2D eigenvalue weighted by Gasteiger charge is 2.37. The number of aromatic nitrogens is 2. The fourth-order valence-electron chi connectivity index (χ4n) is 2.55. The molecule has 0 spiro atoms. The molecule has 0 aromatic carbocycles. The van der Waals surface area contributed by atoms with Gasteiger partial charge in [-0.05, 0) is 19.8 Å². The van der Waals surface area contributed by atoms with E-state index in [1.54, 1.807) is 22.0 Å². The summed E-state index contributed by atoms with van der Waals surface area (Å²) in [5.41, 5.74) is 0. The van der Waals surface area contributed by atoms with E-state index in [4.69, 9.17) is 0 Å². The summed E-state index contributed by atoms with van der Waals surface area (Å²) in [5.74, 6) is 0.422. The standard InChI is InChI=1S/C11H16N4O2S2/c1-8-4-3-5-15(8)19(16,17)10-9(12-2)13-11-14(10)6-7-18-11/h6-8,12H,3-5H2,1-2H3. The third-order valence-corrected chi connectivity index (χ3v) is 6.30. The summed E-state index contributed by atoms with van der Waals surface area (Å²) >= 11 is 1.43. The zero-order valence-electron chi connectivity index (χ0n) is 10.8. The highest BCUT2D eigenvalue weighted by molar-refractivity contribution is 7.89. The Morgan fingerprint density at radius 2 is 2.32 bits per heavy atom. The number of sulfonamides is 1. The van der Waals surface area contributed by atoms with E-state index >= 15 is 0 Å². The van der Waals surface area contributed by atoms with Crippen molar-refractivity contribution in [3.05, 3.63) is 11.6 Å². The van der Waals surface area contributed by atoms with E-state index in [9.17, 15) is 8.42 Å². The minimum atomic E-state index is -3.51. The maximum atomic E-state index is 12.8. The van der Waals surface area contributed by atoms with Gasteiger partial charge in [-0.2, -0.15) is 4.31 Å². The Kier molecular flexibility index (Phi) is 3.03. The van der Waals surface area contributed by atoms with E-state index in [-0.39, 0.29) is 11.1 Å². The van der Waals surface area contributed by atoms with Crippen LogP contribution in [0.1, 0.15) is 19.8 Å². The summed E-state index contributed by atoms with van der Waals surface area (Å²) < 4.78 is 28.9. The molecule has 3 heterocycles. The number of imidazole rings is 1. The Bertz CT molecular complexity index is 703. The predicted octanol–water partition coefficient (Wildman–Crippen LogP) is 1.61. The van der Waals surface area contributed by atoms with Gasteiger partial charge in [0.2, 0.25) is 0 Å². The SMILES string of the molecule is CNc1nc2sccn2c1S(=O)(=O)N1CCCC1C. The van der Waals surface area contributed by atoms with E-state index in [0.717, 1.165) is 12.8 Å². The van der Waals surface area contributed by atoms with Crippen LogP contribution in [-0.2, 0) is 10.0 Å². The van der Waals surface area contributed by atoms with Crippen molar-refractivity contribution >= 4 is 32.1 Å². The fourth-order valence-corrected chi connectivity index (χ4v) is 5.28. The van der Waals surface area contributed by atoms with Crippen LogP contribution in [0, 0.1) is 0 Å². The molecule has 0 aliphatic carbocycles. The second kappa shape index (κ2) is 4.46. The molecule has 1 aliphatic heterocycles. The first-order valence-electron chi connectivity index (χ1n) is 6.21. The van der Waals surface area contributed by atoms with Crippen molar-refractivity contribution in [2.75, 3.05) is 18.9 Å². The van der Waals surface area contributed by atoms with Gasteiger partial charge in [0, 0.05) is 31.2 Å². The molecule has 1 unspecified atom stereocenters. The quantitative estimate of drug-likeness (QED) is 0.935. The van der Waals surface area contributed by atoms with Gasteiger partial charge >= 0.3 is 0 Å². The molecule has 104 valence electrons. The molecule has 0 bridgehead atoms. The fraction of sp³-hybridized carbons (Fsp3) is 0.545. The summed E-state index contributed by atoms with van der Waals surface area (Å²) in [6.45, 7) is 2.54. The van der Waals surface area contributed by atoms with Crippen molar-refractivity contribution in [1.82, 2.24) is 13.7 Å². The Hall–Kier alpha value is -1.12. The molecule has 2 aromatic rings. The Labute approximate surface area is 116 Å². The zero-order chi connectivity index (χ0) is 13.6. The van der Waals surface area contributed by atoms with Gasteiger partial charge in [-0.25, -0.2) is 13.4 Å². The van der Waals surface area contributed by atoms with Crippen LogP contribution in [0.2, 0.25) is 0 Å². The lowest BCUT2D eigenvalue weighted by Gasteiger charge is -2.20. The summed E-state index contributed by atoms with van der Waals surface area (Å²) in [4.78, 5) is 5.01. The lowest BCUT2D eigenvalue weighted by Crippen LogP contribution is -2.34. The number of nitrogens with one attached hydrogen (secondary N) is 1. The monoisotopic (exact) mass is 300 g/mol. The Morgan fingerprint density at radius 3 is 2.95 bits per heavy atom. The van der Waals surface area contributed by atoms with Crippen LogP contribution in [0.4, 0.5) is 5.82 Å². The first-order chi connectivity index (χ1) is 9.05. The maximum Gasteiger partial charge on any atom is 0.263 e. The zero-order valence-corrected chi connectivity index (χ0v) is 12.5. The van der Waals surface area contributed by atoms with E-state index < -0.39 is 10.0 Å². The second-order valence-corrected chi connectivity index (χ2v) is 7.36. The van der Waals surface area contributed by atoms with Crippen LogP contribution in [0.3, 0.4) is 0 Å². The molecule has 8 heteroatoms. The normalized spacial score (nSPS) is 21.3. The largest absolute Gasteiger partial charge is 0.371 e. The number of fused-ring (bicyclic) bond motifs is 1. The van der Waals surface area contributed by atoms with Crippen LogP contribution >= 0.6 is 11.3 Å². The first-order valence-corrected chi connectivity index (χ1v) is 8.53. The van der Waals surface area contributed by atoms with Crippen molar-refractivity contribution < 1.29 is 8.42 Å². The highest BCUT2D eigenvalue weighted by atomic mass is 32.2. The van der Waals surface area contributed by atoms with Gasteiger partial charge in [0.15, 0.2) is 15.8 Å². The molecule has 0 amide bonds. The number of thiazole rings is 1. The van der Waals surface area contributed by atoms with E-state index in [0.29, 0.717) is 17.3 Å². The summed E-state index contributed by atoms with van der Waals surface area (Å²) in [7, 11) is -1.81. The lowest BCUT2D eigenvalue weighted by atomic mass is 10.3. The van der Waals surface area contributed by atoms with Crippen LogP contribution in [0.25, 0.3) is 4.96 Å². The minimum absolute atomic E-state index is 0.0545. The van der Waals surface area contributed by atoms with Gasteiger partial charge in [-0.3, -0.25) is 4.40 Å². The molecule has 0 radical (unpaired) electrons. The molecule has 3 rings (SSSR count). The van der Waals surface area contributed by atoms with E-state index in [1.165, 1.54) is 11.3 Å². The van der Waals surface area contributed by atoms with Crippen LogP contribution in [0.5, 0.6) is 0 Å². The minimum Gasteiger partial charge on any atom is -0.371 e. The second-order valence-electron chi connectivity index (χ2n) is 4.68. The van der Waals surface area contributed by atoms with Gasteiger partial charge in [-0.15, -0.1) is 11.3 Å². The molecule has 19 heavy (non-hydrogen) atoms. The number of nitrogens with zero attached hydrogens (tertiary/aromatic N) is 3.